The highest BCUT2D eigenvalue weighted by Gasteiger charge is 2.19. The lowest BCUT2D eigenvalue weighted by Crippen LogP contribution is -1.98. The third-order valence-electron chi connectivity index (χ3n) is 14.6. The molecule has 0 saturated carbocycles. The van der Waals surface area contributed by atoms with Gasteiger partial charge in [0.05, 0.1) is 0 Å². The number of ketones is 2. The van der Waals surface area contributed by atoms with E-state index in [4.69, 9.17) is 4.74 Å². The summed E-state index contributed by atoms with van der Waals surface area (Å²) < 4.78 is 6.50. The van der Waals surface area contributed by atoms with Crippen LogP contribution < -0.4 is 4.74 Å². The first kappa shape index (κ1) is 56.5. The van der Waals surface area contributed by atoms with E-state index in [9.17, 15) is 9.59 Å². The van der Waals surface area contributed by atoms with Gasteiger partial charge in [-0.1, -0.05) is 128 Å². The minimum Gasteiger partial charge on any atom is -0.457 e. The van der Waals surface area contributed by atoms with Crippen LogP contribution in [0, 0.1) is 0 Å². The highest BCUT2D eigenvalue weighted by atomic mass is 32.1. The largest absolute Gasteiger partial charge is 0.457 e. The number of benzene rings is 4. The molecule has 0 bridgehead atoms. The average Bonchev–Trinajstić information content (AvgIpc) is 4.47. The van der Waals surface area contributed by atoms with Crippen LogP contribution in [0.1, 0.15) is 149 Å². The number of rotatable bonds is 28. The Hall–Kier alpha value is -5.78. The molecule has 0 aliphatic rings. The zero-order valence-electron chi connectivity index (χ0n) is 46.0. The summed E-state index contributed by atoms with van der Waals surface area (Å²) >= 11 is 11.2. The van der Waals surface area contributed by atoms with E-state index in [1.54, 1.807) is 0 Å². The smallest absolute Gasteiger partial charge is 0.162 e. The quantitative estimate of drug-likeness (QED) is 0.0363. The van der Waals surface area contributed by atoms with Crippen molar-refractivity contribution >= 4 is 79.6 Å². The average molecular weight is 1150 g/mol. The molecule has 0 amide bonds. The zero-order chi connectivity index (χ0) is 54.5. The van der Waals surface area contributed by atoms with Gasteiger partial charge in [-0.25, -0.2) is 0 Å². The first-order valence-corrected chi connectivity index (χ1v) is 33.5. The summed E-state index contributed by atoms with van der Waals surface area (Å²) in [6.45, 7) is 8.81. The van der Waals surface area contributed by atoms with E-state index in [-0.39, 0.29) is 11.6 Å². The molecule has 0 N–H and O–H groups in total. The summed E-state index contributed by atoms with van der Waals surface area (Å²) in [7, 11) is 0. The Morgan fingerprint density at radius 3 is 1.00 bits per heavy atom. The SMILES string of the molecule is CCCCCCc1cc(-c2ccc(Oc3ccc(-c4cc(CCCCCC)c(-c5ccc(-c6ccc(-c7ccc(C(=O)CCCC)cc7)s6)s5)s4)cc3)cc2)sc1-c1ccc(-c2ccc(-c3ccc(C(=O)CCCC)cc3)s2)s1. The van der Waals surface area contributed by atoms with Crippen LogP contribution in [-0.2, 0) is 12.8 Å². The van der Waals surface area contributed by atoms with Crippen molar-refractivity contribution in [1.29, 1.82) is 0 Å². The zero-order valence-corrected chi connectivity index (χ0v) is 50.9. The number of aryl methyl sites for hydroxylation is 2. The number of carbonyl (C=O) groups excluding carboxylic acids is 2. The Balaban J connectivity index is 0.811. The monoisotopic (exact) mass is 1150 g/mol. The molecule has 0 atom stereocenters. The minimum absolute atomic E-state index is 0.232. The van der Waals surface area contributed by atoms with Crippen molar-refractivity contribution in [2.45, 2.75) is 130 Å². The first-order valence-electron chi connectivity index (χ1n) is 28.6. The predicted molar refractivity (Wildman–Crippen MR) is 347 cm³/mol. The van der Waals surface area contributed by atoms with E-state index in [0.717, 1.165) is 72.3 Å². The maximum Gasteiger partial charge on any atom is 0.162 e. The Morgan fingerprint density at radius 1 is 0.316 bits per heavy atom. The second-order valence-electron chi connectivity index (χ2n) is 20.6. The van der Waals surface area contributed by atoms with Crippen LogP contribution in [0.15, 0.2) is 158 Å². The summed E-state index contributed by atoms with van der Waals surface area (Å²) in [6.07, 6.45) is 17.2. The molecular formula is C70H70O3S6. The lowest BCUT2D eigenvalue weighted by atomic mass is 10.0. The molecule has 6 aromatic heterocycles. The highest BCUT2D eigenvalue weighted by Crippen LogP contribution is 2.48. The molecule has 10 aromatic rings. The molecule has 6 heterocycles. The van der Waals surface area contributed by atoms with Crippen LogP contribution in [0.4, 0.5) is 0 Å². The third kappa shape index (κ3) is 14.2. The predicted octanol–water partition coefficient (Wildman–Crippen LogP) is 24.2. The van der Waals surface area contributed by atoms with Gasteiger partial charge >= 0.3 is 0 Å². The van der Waals surface area contributed by atoms with Crippen LogP contribution in [0.3, 0.4) is 0 Å². The molecule has 0 fully saturated rings. The van der Waals surface area contributed by atoms with Gasteiger partial charge in [-0.05, 0) is 181 Å². The molecule has 79 heavy (non-hydrogen) atoms. The summed E-state index contributed by atoms with van der Waals surface area (Å²) in [6, 6.07) is 56.6. The maximum atomic E-state index is 12.6. The molecule has 0 radical (unpaired) electrons. The normalized spacial score (nSPS) is 11.4. The molecule has 4 aromatic carbocycles. The molecule has 9 heteroatoms. The number of hydrogen-bond acceptors (Lipinski definition) is 9. The minimum atomic E-state index is 0.232. The van der Waals surface area contributed by atoms with Crippen molar-refractivity contribution in [3.63, 3.8) is 0 Å². The van der Waals surface area contributed by atoms with Gasteiger partial charge in [-0.15, -0.1) is 68.0 Å². The van der Waals surface area contributed by atoms with Gasteiger partial charge in [-0.2, -0.15) is 0 Å². The molecule has 0 spiro atoms. The van der Waals surface area contributed by atoms with Crippen LogP contribution >= 0.6 is 68.0 Å². The second kappa shape index (κ2) is 27.6. The van der Waals surface area contributed by atoms with E-state index in [0.29, 0.717) is 12.8 Å². The lowest BCUT2D eigenvalue weighted by Gasteiger charge is -2.07. The fraction of sp³-hybridized carbons (Fsp3) is 0.286. The van der Waals surface area contributed by atoms with E-state index >= 15 is 0 Å². The fourth-order valence-corrected chi connectivity index (χ4v) is 16.9. The van der Waals surface area contributed by atoms with Gasteiger partial charge in [0.2, 0.25) is 0 Å². The Bertz CT molecular complexity index is 3320. The third-order valence-corrected chi connectivity index (χ3v) is 22.2. The number of carbonyl (C=O) groups is 2. The van der Waals surface area contributed by atoms with E-state index in [1.165, 1.54) is 132 Å². The summed E-state index contributed by atoms with van der Waals surface area (Å²) in [5.41, 5.74) is 9.23. The van der Waals surface area contributed by atoms with Crippen molar-refractivity contribution in [2.75, 3.05) is 0 Å². The van der Waals surface area contributed by atoms with E-state index in [1.807, 2.05) is 92.3 Å². The highest BCUT2D eigenvalue weighted by molar-refractivity contribution is 7.29. The molecular weight excluding hydrogens is 1080 g/mol. The fourth-order valence-electron chi connectivity index (χ4n) is 9.97. The number of thiophene rings is 6. The van der Waals surface area contributed by atoms with Gasteiger partial charge < -0.3 is 4.74 Å². The van der Waals surface area contributed by atoms with E-state index < -0.39 is 0 Å². The van der Waals surface area contributed by atoms with Gasteiger partial charge in [0, 0.05) is 82.5 Å². The maximum absolute atomic E-state index is 12.6. The molecule has 0 aliphatic heterocycles. The first-order chi connectivity index (χ1) is 38.8. The number of Topliss-reactive ketones (excluding diaryl/α,β-unsaturated/α-hetero) is 2. The molecule has 10 rings (SSSR count). The van der Waals surface area contributed by atoms with Crippen molar-refractivity contribution in [3.05, 3.63) is 180 Å². The number of ether oxygens (including phenoxy) is 1. The molecule has 0 saturated heterocycles. The molecule has 0 aliphatic carbocycles. The van der Waals surface area contributed by atoms with Crippen molar-refractivity contribution in [1.82, 2.24) is 0 Å². The van der Waals surface area contributed by atoms with E-state index in [2.05, 4.69) is 161 Å². The van der Waals surface area contributed by atoms with Gasteiger partial charge in [-0.3, -0.25) is 9.59 Å². The molecule has 3 nitrogen and oxygen atoms in total. The van der Waals surface area contributed by atoms with Crippen LogP contribution in [0.2, 0.25) is 0 Å². The van der Waals surface area contributed by atoms with Crippen molar-refractivity contribution in [3.8, 4) is 92.3 Å². The summed E-state index contributed by atoms with van der Waals surface area (Å²) in [5, 5.41) is 0. The number of unbranched alkanes of at least 4 members (excludes halogenated alkanes) is 8. The van der Waals surface area contributed by atoms with Crippen molar-refractivity contribution < 1.29 is 14.3 Å². The lowest BCUT2D eigenvalue weighted by molar-refractivity contribution is 0.0972. The van der Waals surface area contributed by atoms with Crippen LogP contribution in [0.5, 0.6) is 11.5 Å². The summed E-state index contributed by atoms with van der Waals surface area (Å²) in [5.74, 6) is 2.12. The topological polar surface area (TPSA) is 43.4 Å². The Labute approximate surface area is 492 Å². The Morgan fingerprint density at radius 2 is 0.633 bits per heavy atom. The summed E-state index contributed by atoms with van der Waals surface area (Å²) in [4.78, 5) is 40.8. The second-order valence-corrected chi connectivity index (χ2v) is 27.0. The standard InChI is InChI=1S/C70H70O3S6/c1-5-9-13-15-17-53-45-67(78-69(53)65-43-41-63(76-65)61-39-37-59(74-61)49-25-21-47(22-26-49)57(71)19-11-7-3)51-29-33-55(34-30-51)73-56-35-31-52(32-36-56)68-46-54(18-16-14-10-6-2)70(79-68)66-44-42-64(77-66)62-40-38-60(75-62)50-27-23-48(24-28-50)58(72)20-12-8-4/h21-46H,5-20H2,1-4H3. The van der Waals surface area contributed by atoms with Crippen molar-refractivity contribution in [2.24, 2.45) is 0 Å². The molecule has 0 unspecified atom stereocenters. The van der Waals surface area contributed by atoms with Gasteiger partial charge in [0.1, 0.15) is 11.5 Å². The van der Waals surface area contributed by atoms with Gasteiger partial charge in [0.25, 0.3) is 0 Å². The number of hydrogen-bond donors (Lipinski definition) is 0. The van der Waals surface area contributed by atoms with Gasteiger partial charge in [0.15, 0.2) is 11.6 Å². The Kier molecular flexibility index (Phi) is 19.7. The van der Waals surface area contributed by atoms with Crippen LogP contribution in [-0.4, -0.2) is 11.6 Å². The van der Waals surface area contributed by atoms with Crippen LogP contribution in [0.25, 0.3) is 80.8 Å². The molecule has 404 valence electrons.